The third-order valence-corrected chi connectivity index (χ3v) is 2.75. The Kier molecular flexibility index (Phi) is 3.29. The lowest BCUT2D eigenvalue weighted by Gasteiger charge is -2.40. The Morgan fingerprint density at radius 3 is 2.67 bits per heavy atom. The third kappa shape index (κ3) is 2.08. The molecule has 1 heterocycles. The smallest absolute Gasteiger partial charge is 0.0251 e. The lowest BCUT2D eigenvalue weighted by atomic mass is 10.1. The molecular formula is C10H20N2. The van der Waals surface area contributed by atoms with E-state index in [1.807, 2.05) is 6.08 Å². The van der Waals surface area contributed by atoms with E-state index in [0.29, 0.717) is 12.1 Å². The lowest BCUT2D eigenvalue weighted by molar-refractivity contribution is 0.0833. The van der Waals surface area contributed by atoms with E-state index >= 15 is 0 Å². The molecule has 2 unspecified atom stereocenters. The highest BCUT2D eigenvalue weighted by atomic mass is 15.3. The highest BCUT2D eigenvalue weighted by molar-refractivity contribution is 4.89. The molecule has 70 valence electrons. The first-order valence-corrected chi connectivity index (χ1v) is 4.72. The van der Waals surface area contributed by atoms with E-state index in [2.05, 4.69) is 37.3 Å². The normalized spacial score (nSPS) is 30.1. The maximum atomic E-state index is 3.83. The molecule has 0 bridgehead atoms. The number of rotatable bonds is 2. The van der Waals surface area contributed by atoms with Crippen LogP contribution in [0.4, 0.5) is 0 Å². The predicted molar refractivity (Wildman–Crippen MR) is 53.3 cm³/mol. The molecule has 0 aromatic heterocycles. The van der Waals surface area contributed by atoms with Crippen molar-refractivity contribution < 1.29 is 0 Å². The average Bonchev–Trinajstić information content (AvgIpc) is 2.03. The van der Waals surface area contributed by atoms with E-state index in [4.69, 9.17) is 0 Å². The molecule has 0 aromatic rings. The molecule has 0 N–H and O–H groups in total. The summed E-state index contributed by atoms with van der Waals surface area (Å²) in [7, 11) is 2.19. The van der Waals surface area contributed by atoms with Crippen LogP contribution < -0.4 is 0 Å². The van der Waals surface area contributed by atoms with Crippen molar-refractivity contribution in [2.45, 2.75) is 25.9 Å². The molecule has 0 aliphatic carbocycles. The van der Waals surface area contributed by atoms with Gasteiger partial charge >= 0.3 is 0 Å². The molecule has 2 nitrogen and oxygen atoms in total. The Balaban J connectivity index is 2.49. The summed E-state index contributed by atoms with van der Waals surface area (Å²) in [6, 6.07) is 1.19. The zero-order chi connectivity index (χ0) is 9.14. The first kappa shape index (κ1) is 9.75. The molecule has 0 radical (unpaired) electrons. The summed E-state index contributed by atoms with van der Waals surface area (Å²) in [6.07, 6.45) is 2.03. The number of likely N-dealkylation sites (N-methyl/N-ethyl adjacent to an activating group) is 1. The summed E-state index contributed by atoms with van der Waals surface area (Å²) in [5.41, 5.74) is 0. The van der Waals surface area contributed by atoms with Crippen LogP contribution in [0, 0.1) is 0 Å². The van der Waals surface area contributed by atoms with Gasteiger partial charge in [-0.3, -0.25) is 4.90 Å². The molecule has 0 amide bonds. The molecule has 12 heavy (non-hydrogen) atoms. The summed E-state index contributed by atoms with van der Waals surface area (Å²) >= 11 is 0. The van der Waals surface area contributed by atoms with Gasteiger partial charge in [0.25, 0.3) is 0 Å². The largest absolute Gasteiger partial charge is 0.304 e. The molecular weight excluding hydrogens is 148 g/mol. The summed E-state index contributed by atoms with van der Waals surface area (Å²) in [6.45, 7) is 11.9. The fourth-order valence-corrected chi connectivity index (χ4v) is 1.89. The van der Waals surface area contributed by atoms with Crippen molar-refractivity contribution in [1.82, 2.24) is 9.80 Å². The Hall–Kier alpha value is -0.340. The van der Waals surface area contributed by atoms with Crippen molar-refractivity contribution in [3.05, 3.63) is 12.7 Å². The number of hydrogen-bond acceptors (Lipinski definition) is 2. The van der Waals surface area contributed by atoms with Crippen molar-refractivity contribution in [3.8, 4) is 0 Å². The first-order chi connectivity index (χ1) is 5.65. The van der Waals surface area contributed by atoms with Crippen LogP contribution in [0.25, 0.3) is 0 Å². The Labute approximate surface area is 75.8 Å². The Bertz CT molecular complexity index is 156. The second-order valence-electron chi connectivity index (χ2n) is 3.83. The SMILES string of the molecule is C=CC(C)N1CCN(C)CC1C. The fraction of sp³-hybridized carbons (Fsp3) is 0.800. The first-order valence-electron chi connectivity index (χ1n) is 4.72. The number of hydrogen-bond donors (Lipinski definition) is 0. The minimum atomic E-state index is 0.522. The molecule has 1 saturated heterocycles. The van der Waals surface area contributed by atoms with Gasteiger partial charge in [0.15, 0.2) is 0 Å². The second kappa shape index (κ2) is 4.06. The van der Waals surface area contributed by atoms with Crippen LogP contribution in [0.3, 0.4) is 0 Å². The van der Waals surface area contributed by atoms with Gasteiger partial charge in [0.2, 0.25) is 0 Å². The topological polar surface area (TPSA) is 6.48 Å². The molecule has 1 aliphatic heterocycles. The van der Waals surface area contributed by atoms with E-state index in [1.165, 1.54) is 19.6 Å². The van der Waals surface area contributed by atoms with Crippen LogP contribution in [0.5, 0.6) is 0 Å². The van der Waals surface area contributed by atoms with E-state index in [-0.39, 0.29) is 0 Å². The van der Waals surface area contributed by atoms with Crippen molar-refractivity contribution in [2.24, 2.45) is 0 Å². The Morgan fingerprint density at radius 1 is 1.50 bits per heavy atom. The maximum absolute atomic E-state index is 3.83. The molecule has 0 spiro atoms. The van der Waals surface area contributed by atoms with Crippen molar-refractivity contribution in [3.63, 3.8) is 0 Å². The summed E-state index contributed by atoms with van der Waals surface area (Å²) in [5, 5.41) is 0. The van der Waals surface area contributed by atoms with E-state index < -0.39 is 0 Å². The van der Waals surface area contributed by atoms with E-state index in [9.17, 15) is 0 Å². The minimum absolute atomic E-state index is 0.522. The van der Waals surface area contributed by atoms with Gasteiger partial charge in [0, 0.05) is 31.7 Å². The second-order valence-corrected chi connectivity index (χ2v) is 3.83. The summed E-state index contributed by atoms with van der Waals surface area (Å²) < 4.78 is 0. The average molecular weight is 168 g/mol. The quantitative estimate of drug-likeness (QED) is 0.572. The van der Waals surface area contributed by atoms with Crippen molar-refractivity contribution >= 4 is 0 Å². The van der Waals surface area contributed by atoms with Crippen LogP contribution in [0.1, 0.15) is 13.8 Å². The van der Waals surface area contributed by atoms with Gasteiger partial charge in [-0.2, -0.15) is 0 Å². The van der Waals surface area contributed by atoms with Gasteiger partial charge in [-0.15, -0.1) is 6.58 Å². The van der Waals surface area contributed by atoms with Gasteiger partial charge in [-0.1, -0.05) is 6.08 Å². The van der Waals surface area contributed by atoms with E-state index in [1.54, 1.807) is 0 Å². The molecule has 0 saturated carbocycles. The van der Waals surface area contributed by atoms with E-state index in [0.717, 1.165) is 0 Å². The van der Waals surface area contributed by atoms with Crippen LogP contribution in [-0.2, 0) is 0 Å². The summed E-state index contributed by atoms with van der Waals surface area (Å²) in [4.78, 5) is 4.89. The Morgan fingerprint density at radius 2 is 2.17 bits per heavy atom. The molecule has 0 aromatic carbocycles. The molecule has 2 heteroatoms. The van der Waals surface area contributed by atoms with Crippen LogP contribution in [-0.4, -0.2) is 48.6 Å². The van der Waals surface area contributed by atoms with Gasteiger partial charge in [-0.25, -0.2) is 0 Å². The number of piperazine rings is 1. The molecule has 2 atom stereocenters. The molecule has 1 rings (SSSR count). The van der Waals surface area contributed by atoms with Crippen LogP contribution in [0.15, 0.2) is 12.7 Å². The predicted octanol–water partition coefficient (Wildman–Crippen LogP) is 1.20. The van der Waals surface area contributed by atoms with Gasteiger partial charge in [0.05, 0.1) is 0 Å². The third-order valence-electron chi connectivity index (χ3n) is 2.75. The van der Waals surface area contributed by atoms with Crippen LogP contribution >= 0.6 is 0 Å². The highest BCUT2D eigenvalue weighted by Crippen LogP contribution is 2.11. The summed E-state index contributed by atoms with van der Waals surface area (Å²) in [5.74, 6) is 0. The van der Waals surface area contributed by atoms with Gasteiger partial charge in [-0.05, 0) is 20.9 Å². The zero-order valence-electron chi connectivity index (χ0n) is 8.45. The maximum Gasteiger partial charge on any atom is 0.0251 e. The fourth-order valence-electron chi connectivity index (χ4n) is 1.89. The van der Waals surface area contributed by atoms with Gasteiger partial charge in [0.1, 0.15) is 0 Å². The minimum Gasteiger partial charge on any atom is -0.304 e. The molecule has 1 fully saturated rings. The standard InChI is InChI=1S/C10H20N2/c1-5-9(2)12-7-6-11(4)8-10(12)3/h5,9-10H,1,6-8H2,2-4H3. The molecule has 1 aliphatic rings. The number of nitrogens with zero attached hydrogens (tertiary/aromatic N) is 2. The van der Waals surface area contributed by atoms with Crippen molar-refractivity contribution in [1.29, 1.82) is 0 Å². The zero-order valence-corrected chi connectivity index (χ0v) is 8.45. The highest BCUT2D eigenvalue weighted by Gasteiger charge is 2.23. The lowest BCUT2D eigenvalue weighted by Crippen LogP contribution is -2.53. The van der Waals surface area contributed by atoms with Crippen LogP contribution in [0.2, 0.25) is 0 Å². The van der Waals surface area contributed by atoms with Crippen molar-refractivity contribution in [2.75, 3.05) is 26.7 Å². The monoisotopic (exact) mass is 168 g/mol. The van der Waals surface area contributed by atoms with Gasteiger partial charge < -0.3 is 4.90 Å².